The third-order valence-corrected chi connectivity index (χ3v) is 1.97. The van der Waals surface area contributed by atoms with Crippen LogP contribution in [0.5, 0.6) is 0 Å². The van der Waals surface area contributed by atoms with Gasteiger partial charge in [-0.2, -0.15) is 0 Å². The Morgan fingerprint density at radius 1 is 1.58 bits per heavy atom. The zero-order chi connectivity index (χ0) is 8.97. The predicted molar refractivity (Wildman–Crippen MR) is 50.5 cm³/mol. The van der Waals surface area contributed by atoms with Gasteiger partial charge in [0.1, 0.15) is 0 Å². The summed E-state index contributed by atoms with van der Waals surface area (Å²) >= 11 is 0. The minimum absolute atomic E-state index is 0.0382. The maximum absolute atomic E-state index is 5.92. The van der Waals surface area contributed by atoms with Crippen molar-refractivity contribution in [1.29, 1.82) is 0 Å². The van der Waals surface area contributed by atoms with Gasteiger partial charge in [-0.05, 0) is 18.1 Å². The molecule has 2 nitrogen and oxygen atoms in total. The van der Waals surface area contributed by atoms with Gasteiger partial charge in [0.25, 0.3) is 0 Å². The van der Waals surface area contributed by atoms with E-state index in [9.17, 15) is 0 Å². The molecule has 64 valence electrons. The van der Waals surface area contributed by atoms with Gasteiger partial charge in [0.15, 0.2) is 0 Å². The van der Waals surface area contributed by atoms with Gasteiger partial charge < -0.3 is 5.73 Å². The van der Waals surface area contributed by atoms with Crippen LogP contribution in [0.1, 0.15) is 18.7 Å². The molecule has 0 unspecified atom stereocenters. The molecule has 0 aromatic carbocycles. The lowest BCUT2D eigenvalue weighted by Gasteiger charge is -2.14. The number of pyridine rings is 1. The average Bonchev–Trinajstić information content (AvgIpc) is 2.17. The Morgan fingerprint density at radius 2 is 2.33 bits per heavy atom. The smallest absolute Gasteiger partial charge is 0.0576 e. The van der Waals surface area contributed by atoms with Crippen molar-refractivity contribution in [2.24, 2.45) is 11.7 Å². The lowest BCUT2D eigenvalue weighted by Crippen LogP contribution is -2.18. The molecule has 2 heteroatoms. The highest BCUT2D eigenvalue weighted by molar-refractivity contribution is 5.10. The molecule has 0 aliphatic carbocycles. The second kappa shape index (κ2) is 4.02. The molecule has 2 N–H and O–H groups in total. The summed E-state index contributed by atoms with van der Waals surface area (Å²) in [6.45, 7) is 5.73. The zero-order valence-electron chi connectivity index (χ0n) is 7.27. The standard InChI is InChI=1S/C10H14N2/c1-3-8(2)10(11)9-6-4-5-7-12-9/h3-8,10H,1,11H2,2H3/t8-,10-/m0/s1. The number of rotatable bonds is 3. The maximum Gasteiger partial charge on any atom is 0.0576 e. The van der Waals surface area contributed by atoms with E-state index in [1.165, 1.54) is 0 Å². The fraction of sp³-hybridized carbons (Fsp3) is 0.300. The summed E-state index contributed by atoms with van der Waals surface area (Å²) in [6, 6.07) is 5.72. The van der Waals surface area contributed by atoms with E-state index in [4.69, 9.17) is 5.73 Å². The Labute approximate surface area is 73.1 Å². The summed E-state index contributed by atoms with van der Waals surface area (Å²) in [7, 11) is 0. The normalized spacial score (nSPS) is 15.2. The lowest BCUT2D eigenvalue weighted by atomic mass is 10.00. The molecule has 0 amide bonds. The Morgan fingerprint density at radius 3 is 2.83 bits per heavy atom. The van der Waals surface area contributed by atoms with Crippen LogP contribution in [-0.2, 0) is 0 Å². The number of aromatic nitrogens is 1. The minimum Gasteiger partial charge on any atom is -0.322 e. The van der Waals surface area contributed by atoms with Crippen LogP contribution >= 0.6 is 0 Å². The van der Waals surface area contributed by atoms with Crippen LogP contribution in [0.4, 0.5) is 0 Å². The van der Waals surface area contributed by atoms with Crippen LogP contribution in [0.3, 0.4) is 0 Å². The Kier molecular flexibility index (Phi) is 3.00. The first-order valence-corrected chi connectivity index (χ1v) is 4.04. The van der Waals surface area contributed by atoms with Crippen molar-refractivity contribution in [3.63, 3.8) is 0 Å². The molecule has 1 aromatic rings. The summed E-state index contributed by atoms with van der Waals surface area (Å²) in [5.41, 5.74) is 6.84. The first-order chi connectivity index (χ1) is 5.75. The highest BCUT2D eigenvalue weighted by Gasteiger charge is 2.11. The quantitative estimate of drug-likeness (QED) is 0.689. The summed E-state index contributed by atoms with van der Waals surface area (Å²) in [5, 5.41) is 0. The maximum atomic E-state index is 5.92. The van der Waals surface area contributed by atoms with Crippen LogP contribution < -0.4 is 5.73 Å². The van der Waals surface area contributed by atoms with Crippen LogP contribution in [0, 0.1) is 5.92 Å². The van der Waals surface area contributed by atoms with Crippen molar-refractivity contribution in [2.45, 2.75) is 13.0 Å². The molecule has 1 aromatic heterocycles. The van der Waals surface area contributed by atoms with Gasteiger partial charge in [0, 0.05) is 6.20 Å². The Hall–Kier alpha value is -1.15. The largest absolute Gasteiger partial charge is 0.322 e. The van der Waals surface area contributed by atoms with Crippen molar-refractivity contribution < 1.29 is 0 Å². The molecule has 0 fully saturated rings. The van der Waals surface area contributed by atoms with Gasteiger partial charge in [0.2, 0.25) is 0 Å². The van der Waals surface area contributed by atoms with Crippen LogP contribution in [0.15, 0.2) is 37.1 Å². The van der Waals surface area contributed by atoms with Crippen LogP contribution in [0.2, 0.25) is 0 Å². The average molecular weight is 162 g/mol. The minimum atomic E-state index is -0.0382. The summed E-state index contributed by atoms with van der Waals surface area (Å²) in [5.74, 6) is 0.264. The molecular formula is C10H14N2. The van der Waals surface area contributed by atoms with Gasteiger partial charge >= 0.3 is 0 Å². The topological polar surface area (TPSA) is 38.9 Å². The molecule has 12 heavy (non-hydrogen) atoms. The fourth-order valence-corrected chi connectivity index (χ4v) is 0.989. The van der Waals surface area contributed by atoms with E-state index in [0.717, 1.165) is 5.69 Å². The SMILES string of the molecule is C=C[C@H](C)[C@H](N)c1ccccn1. The summed E-state index contributed by atoms with van der Waals surface area (Å²) in [6.07, 6.45) is 3.60. The molecule has 1 heterocycles. The molecule has 0 saturated carbocycles. The van der Waals surface area contributed by atoms with E-state index in [2.05, 4.69) is 11.6 Å². The zero-order valence-corrected chi connectivity index (χ0v) is 7.27. The van der Waals surface area contributed by atoms with Crippen molar-refractivity contribution >= 4 is 0 Å². The first-order valence-electron chi connectivity index (χ1n) is 4.04. The molecule has 0 aliphatic heterocycles. The Bertz CT molecular complexity index is 243. The number of nitrogens with two attached hydrogens (primary N) is 1. The molecule has 1 rings (SSSR count). The molecule has 0 spiro atoms. The van der Waals surface area contributed by atoms with E-state index < -0.39 is 0 Å². The number of nitrogens with zero attached hydrogens (tertiary/aromatic N) is 1. The van der Waals surface area contributed by atoms with E-state index in [1.54, 1.807) is 6.20 Å². The monoisotopic (exact) mass is 162 g/mol. The van der Waals surface area contributed by atoms with Crippen molar-refractivity contribution in [3.05, 3.63) is 42.7 Å². The van der Waals surface area contributed by atoms with Gasteiger partial charge in [-0.25, -0.2) is 0 Å². The predicted octanol–water partition coefficient (Wildman–Crippen LogP) is 1.90. The van der Waals surface area contributed by atoms with E-state index in [0.29, 0.717) is 0 Å². The molecule has 0 aliphatic rings. The first kappa shape index (κ1) is 8.94. The molecule has 0 radical (unpaired) electrons. The van der Waals surface area contributed by atoms with E-state index in [-0.39, 0.29) is 12.0 Å². The van der Waals surface area contributed by atoms with Crippen molar-refractivity contribution in [2.75, 3.05) is 0 Å². The van der Waals surface area contributed by atoms with Gasteiger partial charge in [-0.1, -0.05) is 19.1 Å². The molecule has 0 saturated heterocycles. The molecule has 0 bridgehead atoms. The molecule has 2 atom stereocenters. The second-order valence-electron chi connectivity index (χ2n) is 2.88. The van der Waals surface area contributed by atoms with Gasteiger partial charge in [-0.15, -0.1) is 6.58 Å². The van der Waals surface area contributed by atoms with E-state index in [1.807, 2.05) is 31.2 Å². The summed E-state index contributed by atoms with van der Waals surface area (Å²) in [4.78, 5) is 4.17. The van der Waals surface area contributed by atoms with Crippen LogP contribution in [-0.4, -0.2) is 4.98 Å². The number of hydrogen-bond donors (Lipinski definition) is 1. The van der Waals surface area contributed by atoms with Crippen molar-refractivity contribution in [1.82, 2.24) is 4.98 Å². The highest BCUT2D eigenvalue weighted by atomic mass is 14.8. The molecular weight excluding hydrogens is 148 g/mol. The third-order valence-electron chi connectivity index (χ3n) is 1.97. The van der Waals surface area contributed by atoms with Gasteiger partial charge in [-0.3, -0.25) is 4.98 Å². The lowest BCUT2D eigenvalue weighted by molar-refractivity contribution is 0.554. The third kappa shape index (κ3) is 1.92. The Balaban J connectivity index is 2.78. The van der Waals surface area contributed by atoms with Crippen LogP contribution in [0.25, 0.3) is 0 Å². The highest BCUT2D eigenvalue weighted by Crippen LogP contribution is 2.16. The second-order valence-corrected chi connectivity index (χ2v) is 2.88. The number of hydrogen-bond acceptors (Lipinski definition) is 2. The fourth-order valence-electron chi connectivity index (χ4n) is 0.989. The van der Waals surface area contributed by atoms with Crippen molar-refractivity contribution in [3.8, 4) is 0 Å². The van der Waals surface area contributed by atoms with E-state index >= 15 is 0 Å². The van der Waals surface area contributed by atoms with Gasteiger partial charge in [0.05, 0.1) is 11.7 Å². The summed E-state index contributed by atoms with van der Waals surface area (Å²) < 4.78 is 0.